The zero-order valence-electron chi connectivity index (χ0n) is 16.8. The van der Waals surface area contributed by atoms with E-state index in [1.54, 1.807) is 19.2 Å². The Hall–Kier alpha value is -4.04. The van der Waals surface area contributed by atoms with Crippen LogP contribution in [0.15, 0.2) is 72.8 Å². The summed E-state index contributed by atoms with van der Waals surface area (Å²) in [6.45, 7) is 2.77. The normalized spacial score (nSPS) is 10.6. The minimum atomic E-state index is -0.157. The van der Waals surface area contributed by atoms with Crippen molar-refractivity contribution in [3.63, 3.8) is 0 Å². The average Bonchev–Trinajstić information content (AvgIpc) is 3.12. The van der Waals surface area contributed by atoms with Crippen LogP contribution in [0.2, 0.25) is 0 Å². The lowest BCUT2D eigenvalue weighted by molar-refractivity contribution is 0.102. The van der Waals surface area contributed by atoms with Crippen LogP contribution in [0, 0.1) is 11.3 Å². The summed E-state index contributed by atoms with van der Waals surface area (Å²) in [5, 5.41) is 13.7. The molecule has 4 rings (SSSR count). The quantitative estimate of drug-likeness (QED) is 0.488. The molecule has 1 aromatic heterocycles. The molecule has 30 heavy (non-hydrogen) atoms. The third-order valence-corrected chi connectivity index (χ3v) is 5.15. The first-order valence-electron chi connectivity index (χ1n) is 9.73. The van der Waals surface area contributed by atoms with Crippen molar-refractivity contribution >= 4 is 22.5 Å². The number of nitrogens with one attached hydrogen (secondary N) is 1. The van der Waals surface area contributed by atoms with Gasteiger partial charge in [-0.3, -0.25) is 4.79 Å². The molecule has 0 fully saturated rings. The lowest BCUT2D eigenvalue weighted by Crippen LogP contribution is -2.11. The predicted octanol–water partition coefficient (Wildman–Crippen LogP) is 5.46. The number of hydrogen-bond acceptors (Lipinski definition) is 3. The third kappa shape index (κ3) is 3.40. The van der Waals surface area contributed by atoms with E-state index in [-0.39, 0.29) is 5.91 Å². The van der Waals surface area contributed by atoms with Gasteiger partial charge in [-0.25, -0.2) is 0 Å². The van der Waals surface area contributed by atoms with Gasteiger partial charge in [-0.15, -0.1) is 0 Å². The maximum Gasteiger partial charge on any atom is 0.255 e. The van der Waals surface area contributed by atoms with Crippen LogP contribution < -0.4 is 10.1 Å². The van der Waals surface area contributed by atoms with E-state index in [0.29, 0.717) is 23.4 Å². The van der Waals surface area contributed by atoms with Crippen LogP contribution in [-0.4, -0.2) is 17.6 Å². The minimum Gasteiger partial charge on any atom is -0.497 e. The molecule has 0 aliphatic carbocycles. The number of aryl methyl sites for hydroxylation is 1. The van der Waals surface area contributed by atoms with Gasteiger partial charge in [0.15, 0.2) is 0 Å². The van der Waals surface area contributed by atoms with E-state index < -0.39 is 0 Å². The molecular formula is C25H21N3O2. The van der Waals surface area contributed by atoms with Crippen molar-refractivity contribution in [3.05, 3.63) is 83.9 Å². The fourth-order valence-corrected chi connectivity index (χ4v) is 3.70. The lowest BCUT2D eigenvalue weighted by Gasteiger charge is -2.10. The number of carbonyl (C=O) groups is 1. The number of nitriles is 1. The second kappa shape index (κ2) is 8.14. The van der Waals surface area contributed by atoms with Gasteiger partial charge >= 0.3 is 0 Å². The number of anilines is 1. The average molecular weight is 395 g/mol. The van der Waals surface area contributed by atoms with Crippen LogP contribution in [0.1, 0.15) is 22.8 Å². The summed E-state index contributed by atoms with van der Waals surface area (Å²) in [6.07, 6.45) is 0. The van der Waals surface area contributed by atoms with Gasteiger partial charge in [-0.05, 0) is 48.9 Å². The van der Waals surface area contributed by atoms with Crippen molar-refractivity contribution in [1.82, 2.24) is 4.57 Å². The summed E-state index contributed by atoms with van der Waals surface area (Å²) >= 11 is 0. The van der Waals surface area contributed by atoms with E-state index in [4.69, 9.17) is 4.74 Å². The summed E-state index contributed by atoms with van der Waals surface area (Å²) in [6, 6.07) is 24.8. The summed E-state index contributed by atoms with van der Waals surface area (Å²) in [5.74, 6) is 0.598. The number of benzene rings is 3. The molecule has 0 radical (unpaired) electrons. The van der Waals surface area contributed by atoms with Gasteiger partial charge in [0.05, 0.1) is 23.9 Å². The van der Waals surface area contributed by atoms with Crippen LogP contribution >= 0.6 is 0 Å². The SMILES string of the molecule is CCn1c(-c2ccc(NC(=O)c3ccccc3)cc2)c(C#N)c2ccc(OC)cc21. The molecule has 1 N–H and O–H groups in total. The largest absolute Gasteiger partial charge is 0.497 e. The summed E-state index contributed by atoms with van der Waals surface area (Å²) in [5.41, 5.74) is 4.69. The van der Waals surface area contributed by atoms with E-state index in [1.165, 1.54) is 0 Å². The number of methoxy groups -OCH3 is 1. The Labute approximate surface area is 175 Å². The van der Waals surface area contributed by atoms with Gasteiger partial charge in [-0.1, -0.05) is 30.3 Å². The molecule has 0 atom stereocenters. The zero-order chi connectivity index (χ0) is 21.1. The number of aromatic nitrogens is 1. The Morgan fingerprint density at radius 1 is 1.07 bits per heavy atom. The number of nitrogens with zero attached hydrogens (tertiary/aromatic N) is 2. The molecule has 0 saturated carbocycles. The van der Waals surface area contributed by atoms with Gasteiger partial charge < -0.3 is 14.6 Å². The molecule has 0 aliphatic heterocycles. The van der Waals surface area contributed by atoms with Crippen LogP contribution in [0.5, 0.6) is 5.75 Å². The number of rotatable bonds is 5. The van der Waals surface area contributed by atoms with Crippen molar-refractivity contribution in [3.8, 4) is 23.1 Å². The fraction of sp³-hybridized carbons (Fsp3) is 0.120. The van der Waals surface area contributed by atoms with E-state index >= 15 is 0 Å². The number of carbonyl (C=O) groups excluding carboxylic acids is 1. The van der Waals surface area contributed by atoms with Crippen LogP contribution in [0.3, 0.4) is 0 Å². The second-order valence-electron chi connectivity index (χ2n) is 6.86. The zero-order valence-corrected chi connectivity index (χ0v) is 16.8. The highest BCUT2D eigenvalue weighted by molar-refractivity contribution is 6.04. The standard InChI is InChI=1S/C25H21N3O2/c1-3-28-23-15-20(30-2)13-14-21(23)22(16-26)24(28)17-9-11-19(12-10-17)27-25(29)18-7-5-4-6-8-18/h4-15H,3H2,1-2H3,(H,27,29). The molecule has 4 aromatic rings. The molecular weight excluding hydrogens is 374 g/mol. The molecule has 0 saturated heterocycles. The maximum absolute atomic E-state index is 12.4. The van der Waals surface area contributed by atoms with E-state index in [1.807, 2.05) is 60.7 Å². The van der Waals surface area contributed by atoms with Crippen molar-refractivity contribution in [2.75, 3.05) is 12.4 Å². The molecule has 1 heterocycles. The second-order valence-corrected chi connectivity index (χ2v) is 6.86. The maximum atomic E-state index is 12.4. The van der Waals surface area contributed by atoms with E-state index in [2.05, 4.69) is 22.9 Å². The van der Waals surface area contributed by atoms with Crippen molar-refractivity contribution in [2.45, 2.75) is 13.5 Å². The van der Waals surface area contributed by atoms with Crippen LogP contribution in [0.4, 0.5) is 5.69 Å². The smallest absolute Gasteiger partial charge is 0.255 e. The van der Waals surface area contributed by atoms with E-state index in [9.17, 15) is 10.1 Å². The topological polar surface area (TPSA) is 67.0 Å². The number of ether oxygens (including phenoxy) is 1. The van der Waals surface area contributed by atoms with Crippen LogP contribution in [-0.2, 0) is 6.54 Å². The summed E-state index contributed by atoms with van der Waals surface area (Å²) < 4.78 is 7.48. The van der Waals surface area contributed by atoms with Gasteiger partial charge in [0.25, 0.3) is 5.91 Å². The highest BCUT2D eigenvalue weighted by Crippen LogP contribution is 2.35. The highest BCUT2D eigenvalue weighted by atomic mass is 16.5. The Bertz CT molecular complexity index is 1250. The van der Waals surface area contributed by atoms with Gasteiger partial charge in [0.2, 0.25) is 0 Å². The van der Waals surface area contributed by atoms with Gasteiger partial charge in [0.1, 0.15) is 11.8 Å². The molecule has 0 bridgehead atoms. The number of fused-ring (bicyclic) bond motifs is 1. The first kappa shape index (κ1) is 19.3. The van der Waals surface area contributed by atoms with Crippen molar-refractivity contribution in [1.29, 1.82) is 5.26 Å². The number of amides is 1. The molecule has 0 aliphatic rings. The fourth-order valence-electron chi connectivity index (χ4n) is 3.70. The third-order valence-electron chi connectivity index (χ3n) is 5.15. The van der Waals surface area contributed by atoms with Crippen LogP contribution in [0.25, 0.3) is 22.2 Å². The van der Waals surface area contributed by atoms with Crippen molar-refractivity contribution in [2.24, 2.45) is 0 Å². The Morgan fingerprint density at radius 2 is 1.80 bits per heavy atom. The van der Waals surface area contributed by atoms with E-state index in [0.717, 1.165) is 27.9 Å². The number of hydrogen-bond donors (Lipinski definition) is 1. The van der Waals surface area contributed by atoms with Gasteiger partial charge in [-0.2, -0.15) is 5.26 Å². The van der Waals surface area contributed by atoms with Crippen molar-refractivity contribution < 1.29 is 9.53 Å². The first-order valence-corrected chi connectivity index (χ1v) is 9.73. The molecule has 1 amide bonds. The summed E-state index contributed by atoms with van der Waals surface area (Å²) in [4.78, 5) is 12.4. The predicted molar refractivity (Wildman–Crippen MR) is 119 cm³/mol. The molecule has 0 spiro atoms. The molecule has 3 aromatic carbocycles. The monoisotopic (exact) mass is 395 g/mol. The Morgan fingerprint density at radius 3 is 2.43 bits per heavy atom. The molecule has 5 heteroatoms. The minimum absolute atomic E-state index is 0.157. The Kier molecular flexibility index (Phi) is 5.23. The molecule has 148 valence electrons. The first-order chi connectivity index (χ1) is 14.7. The lowest BCUT2D eigenvalue weighted by atomic mass is 10.1. The van der Waals surface area contributed by atoms with Gasteiger partial charge in [0, 0.05) is 29.2 Å². The Balaban J connectivity index is 1.72. The highest BCUT2D eigenvalue weighted by Gasteiger charge is 2.18. The molecule has 5 nitrogen and oxygen atoms in total. The summed E-state index contributed by atoms with van der Waals surface area (Å²) in [7, 11) is 1.63. The molecule has 0 unspecified atom stereocenters.